The Bertz CT molecular complexity index is 477. The van der Waals surface area contributed by atoms with Gasteiger partial charge in [0.2, 0.25) is 0 Å². The topological polar surface area (TPSA) is 95.1 Å². The molecular weight excluding hydrogens is 246 g/mol. The molecule has 0 saturated heterocycles. The fourth-order valence-electron chi connectivity index (χ4n) is 1.98. The fraction of sp³-hybridized carbons (Fsp3) is 0.615. The molecule has 1 fully saturated rings. The van der Waals surface area contributed by atoms with E-state index < -0.39 is 17.9 Å². The molecule has 0 aromatic carbocycles. The minimum Gasteiger partial charge on any atom is -0.480 e. The number of aliphatic carboxylic acids is 1. The number of nitrogens with one attached hydrogen (secondary N) is 2. The van der Waals surface area contributed by atoms with Crippen LogP contribution >= 0.6 is 0 Å². The highest BCUT2D eigenvalue weighted by atomic mass is 16.4. The first kappa shape index (κ1) is 13.6. The maximum Gasteiger partial charge on any atom is 0.326 e. The summed E-state index contributed by atoms with van der Waals surface area (Å²) in [4.78, 5) is 23.0. The Labute approximate surface area is 111 Å². The van der Waals surface area contributed by atoms with Gasteiger partial charge in [-0.05, 0) is 31.2 Å². The van der Waals surface area contributed by atoms with Crippen molar-refractivity contribution in [1.29, 1.82) is 0 Å². The van der Waals surface area contributed by atoms with Crippen molar-refractivity contribution < 1.29 is 14.7 Å². The molecule has 0 bridgehead atoms. The number of carboxylic acids is 1. The van der Waals surface area contributed by atoms with Crippen molar-refractivity contribution in [3.8, 4) is 0 Å². The summed E-state index contributed by atoms with van der Waals surface area (Å²) in [6.45, 7) is 3.84. The van der Waals surface area contributed by atoms with Gasteiger partial charge in [0.05, 0.1) is 0 Å². The maximum absolute atomic E-state index is 11.9. The van der Waals surface area contributed by atoms with Crippen molar-refractivity contribution in [2.24, 2.45) is 5.92 Å². The Morgan fingerprint density at radius 1 is 1.53 bits per heavy atom. The van der Waals surface area contributed by atoms with Gasteiger partial charge in [-0.15, -0.1) is 0 Å². The molecule has 1 aliphatic carbocycles. The quantitative estimate of drug-likeness (QED) is 0.726. The Morgan fingerprint density at radius 3 is 2.74 bits per heavy atom. The van der Waals surface area contributed by atoms with Crippen molar-refractivity contribution >= 4 is 11.9 Å². The van der Waals surface area contributed by atoms with Crippen LogP contribution < -0.4 is 5.32 Å². The minimum absolute atomic E-state index is 0.197. The van der Waals surface area contributed by atoms with Gasteiger partial charge in [0.1, 0.15) is 11.7 Å². The molecule has 0 aliphatic heterocycles. The van der Waals surface area contributed by atoms with E-state index in [9.17, 15) is 9.59 Å². The molecule has 19 heavy (non-hydrogen) atoms. The van der Waals surface area contributed by atoms with Gasteiger partial charge in [-0.1, -0.05) is 13.8 Å². The summed E-state index contributed by atoms with van der Waals surface area (Å²) in [5.41, 5.74) is 1.22. The molecule has 1 aliphatic rings. The molecule has 6 nitrogen and oxygen atoms in total. The predicted octanol–water partition coefficient (Wildman–Crippen LogP) is 1.52. The number of nitrogens with zero attached hydrogens (tertiary/aromatic N) is 1. The van der Waals surface area contributed by atoms with E-state index in [2.05, 4.69) is 15.5 Å². The number of hydrogen-bond acceptors (Lipinski definition) is 3. The minimum atomic E-state index is -1.01. The van der Waals surface area contributed by atoms with Crippen molar-refractivity contribution in [1.82, 2.24) is 15.5 Å². The first-order valence-corrected chi connectivity index (χ1v) is 6.56. The van der Waals surface area contributed by atoms with Crippen molar-refractivity contribution in [3.63, 3.8) is 0 Å². The molecule has 0 spiro atoms. The summed E-state index contributed by atoms with van der Waals surface area (Å²) in [5.74, 6) is -0.765. The van der Waals surface area contributed by atoms with Gasteiger partial charge in [-0.3, -0.25) is 9.89 Å². The van der Waals surface area contributed by atoms with Gasteiger partial charge in [0.25, 0.3) is 5.91 Å². The second kappa shape index (κ2) is 5.42. The number of rotatable bonds is 6. The summed E-state index contributed by atoms with van der Waals surface area (Å²) < 4.78 is 0. The Kier molecular flexibility index (Phi) is 3.87. The molecular formula is C13H19N3O3. The van der Waals surface area contributed by atoms with E-state index in [1.807, 2.05) is 13.8 Å². The summed E-state index contributed by atoms with van der Waals surface area (Å²) >= 11 is 0. The van der Waals surface area contributed by atoms with E-state index >= 15 is 0 Å². The van der Waals surface area contributed by atoms with Crippen LogP contribution in [0.2, 0.25) is 0 Å². The van der Waals surface area contributed by atoms with Gasteiger partial charge in [0.15, 0.2) is 0 Å². The number of carboxylic acid groups (broad SMARTS) is 1. The number of amides is 1. The second-order valence-electron chi connectivity index (χ2n) is 5.48. The van der Waals surface area contributed by atoms with Gasteiger partial charge in [0, 0.05) is 11.6 Å². The Balaban J connectivity index is 1.98. The lowest BCUT2D eigenvalue weighted by Gasteiger charge is -2.15. The van der Waals surface area contributed by atoms with Crippen LogP contribution in [0.1, 0.15) is 55.2 Å². The van der Waals surface area contributed by atoms with Gasteiger partial charge in [-0.2, -0.15) is 5.10 Å². The molecule has 6 heteroatoms. The summed E-state index contributed by atoms with van der Waals surface area (Å²) in [5, 5.41) is 18.4. The largest absolute Gasteiger partial charge is 0.480 e. The molecule has 2 rings (SSSR count). The third kappa shape index (κ3) is 3.56. The third-order valence-electron chi connectivity index (χ3n) is 3.16. The smallest absolute Gasteiger partial charge is 0.326 e. The Morgan fingerprint density at radius 2 is 2.21 bits per heavy atom. The zero-order chi connectivity index (χ0) is 14.0. The second-order valence-corrected chi connectivity index (χ2v) is 5.48. The lowest BCUT2D eigenvalue weighted by molar-refractivity contribution is -0.139. The normalized spacial score (nSPS) is 16.4. The van der Waals surface area contributed by atoms with Crippen LogP contribution in [-0.4, -0.2) is 33.2 Å². The average Bonchev–Trinajstić information content (AvgIpc) is 3.05. The molecule has 1 heterocycles. The number of H-pyrrole nitrogens is 1. The molecule has 0 unspecified atom stereocenters. The maximum atomic E-state index is 11.9. The fourth-order valence-corrected chi connectivity index (χ4v) is 1.98. The van der Waals surface area contributed by atoms with Crippen LogP contribution in [0, 0.1) is 5.92 Å². The molecule has 1 amide bonds. The van der Waals surface area contributed by atoms with E-state index in [0.717, 1.165) is 18.5 Å². The lowest BCUT2D eigenvalue weighted by atomic mass is 10.0. The molecule has 1 aromatic rings. The summed E-state index contributed by atoms with van der Waals surface area (Å²) in [7, 11) is 0. The van der Waals surface area contributed by atoms with Crippen molar-refractivity contribution in [2.45, 2.75) is 45.1 Å². The van der Waals surface area contributed by atoms with E-state index in [4.69, 9.17) is 5.11 Å². The highest BCUT2D eigenvalue weighted by Crippen LogP contribution is 2.38. The van der Waals surface area contributed by atoms with Crippen LogP contribution in [0.4, 0.5) is 0 Å². The summed E-state index contributed by atoms with van der Waals surface area (Å²) in [6.07, 6.45) is 2.64. The first-order valence-electron chi connectivity index (χ1n) is 6.56. The van der Waals surface area contributed by atoms with Gasteiger partial charge < -0.3 is 10.4 Å². The number of aromatic amines is 1. The van der Waals surface area contributed by atoms with Crippen molar-refractivity contribution in [2.75, 3.05) is 0 Å². The lowest BCUT2D eigenvalue weighted by Crippen LogP contribution is -2.41. The van der Waals surface area contributed by atoms with Crippen LogP contribution in [-0.2, 0) is 4.79 Å². The molecule has 1 aromatic heterocycles. The Hall–Kier alpha value is -1.85. The number of carbonyl (C=O) groups excluding carboxylic acids is 1. The van der Waals surface area contributed by atoms with E-state index in [1.54, 1.807) is 6.07 Å². The van der Waals surface area contributed by atoms with E-state index in [-0.39, 0.29) is 11.6 Å². The molecule has 0 radical (unpaired) electrons. The number of hydrogen-bond donors (Lipinski definition) is 3. The average molecular weight is 265 g/mol. The third-order valence-corrected chi connectivity index (χ3v) is 3.16. The first-order chi connectivity index (χ1) is 8.97. The predicted molar refractivity (Wildman–Crippen MR) is 68.9 cm³/mol. The van der Waals surface area contributed by atoms with E-state index in [1.165, 1.54) is 0 Å². The zero-order valence-electron chi connectivity index (χ0n) is 11.1. The standard InChI is InChI=1S/C13H19N3O3/c1-7(2)5-11(13(18)19)14-12(17)10-6-9(15-16-10)8-3-4-8/h6-8,11H,3-5H2,1-2H3,(H,14,17)(H,15,16)(H,18,19)/t11-/m1/s1. The van der Waals surface area contributed by atoms with Gasteiger partial charge >= 0.3 is 5.97 Å². The number of aromatic nitrogens is 2. The summed E-state index contributed by atoms with van der Waals surface area (Å²) in [6, 6.07) is 0.843. The van der Waals surface area contributed by atoms with Crippen molar-refractivity contribution in [3.05, 3.63) is 17.5 Å². The van der Waals surface area contributed by atoms with Crippen LogP contribution in [0.5, 0.6) is 0 Å². The molecule has 3 N–H and O–H groups in total. The molecule has 104 valence electrons. The van der Waals surface area contributed by atoms with Crippen LogP contribution in [0.3, 0.4) is 0 Å². The van der Waals surface area contributed by atoms with E-state index in [0.29, 0.717) is 12.3 Å². The van der Waals surface area contributed by atoms with Gasteiger partial charge in [-0.25, -0.2) is 4.79 Å². The van der Waals surface area contributed by atoms with Crippen LogP contribution in [0.15, 0.2) is 6.07 Å². The van der Waals surface area contributed by atoms with Crippen LogP contribution in [0.25, 0.3) is 0 Å². The zero-order valence-corrected chi connectivity index (χ0v) is 11.1. The highest BCUT2D eigenvalue weighted by Gasteiger charge is 2.27. The molecule has 1 atom stereocenters. The SMILES string of the molecule is CC(C)C[C@@H](NC(=O)c1cc(C2CC2)[nH]n1)C(=O)O. The molecule has 1 saturated carbocycles. The number of carbonyl (C=O) groups is 2. The monoisotopic (exact) mass is 265 g/mol. The highest BCUT2D eigenvalue weighted by molar-refractivity contribution is 5.95.